The Kier molecular flexibility index (Phi) is 7.06. The number of piperidine rings is 1. The Morgan fingerprint density at radius 3 is 2.16 bits per heavy atom. The van der Waals surface area contributed by atoms with Crippen molar-refractivity contribution in [2.24, 2.45) is 5.92 Å². The van der Waals surface area contributed by atoms with E-state index in [1.807, 2.05) is 54.6 Å². The molecule has 2 aliphatic rings. The minimum atomic E-state index is -0.591. The fourth-order valence-corrected chi connectivity index (χ4v) is 5.60. The van der Waals surface area contributed by atoms with Crippen LogP contribution >= 0.6 is 0 Å². The van der Waals surface area contributed by atoms with Gasteiger partial charge in [-0.2, -0.15) is 0 Å². The van der Waals surface area contributed by atoms with Crippen molar-refractivity contribution in [1.82, 2.24) is 9.80 Å². The Morgan fingerprint density at radius 1 is 0.919 bits per heavy atom. The number of nitrogens with zero attached hydrogens (tertiary/aromatic N) is 2. The maximum Gasteiger partial charge on any atom is 0.261 e. The van der Waals surface area contributed by atoms with E-state index in [0.29, 0.717) is 24.2 Å². The summed E-state index contributed by atoms with van der Waals surface area (Å²) in [6, 6.07) is 19.3. The summed E-state index contributed by atoms with van der Waals surface area (Å²) in [5.41, 5.74) is 2.32. The summed E-state index contributed by atoms with van der Waals surface area (Å²) in [5.74, 6) is 0.682. The predicted octanol–water partition coefficient (Wildman–Crippen LogP) is 4.89. The molecule has 0 radical (unpaired) electrons. The molecule has 0 spiro atoms. The second-order valence-corrected chi connectivity index (χ2v) is 11.4. The molecule has 1 fully saturated rings. The number of imide groups is 1. The number of β-amino-alcohol motifs (C(OH)–C–C–N with tert-alkyl or cyclic N) is 1. The lowest BCUT2D eigenvalue weighted by Gasteiger charge is -2.36. The number of carbonyl (C=O) groups is 2. The van der Waals surface area contributed by atoms with Crippen LogP contribution in [0.1, 0.15) is 59.9 Å². The van der Waals surface area contributed by atoms with Gasteiger partial charge in [0.05, 0.1) is 0 Å². The number of likely N-dealkylation sites (tertiary alicyclic amines) is 1. The molecule has 1 unspecified atom stereocenters. The van der Waals surface area contributed by atoms with Crippen molar-refractivity contribution in [2.75, 3.05) is 32.8 Å². The molecular weight excluding hydrogens is 464 g/mol. The van der Waals surface area contributed by atoms with Gasteiger partial charge in [0, 0.05) is 29.6 Å². The molecule has 37 heavy (non-hydrogen) atoms. The molecular formula is C31H36N2O4. The zero-order chi connectivity index (χ0) is 26.2. The van der Waals surface area contributed by atoms with Crippen LogP contribution in [0.4, 0.5) is 0 Å². The highest BCUT2D eigenvalue weighted by atomic mass is 16.5. The first-order valence-corrected chi connectivity index (χ1v) is 13.2. The molecule has 6 nitrogen and oxygen atoms in total. The molecule has 2 heterocycles. The van der Waals surface area contributed by atoms with Crippen LogP contribution in [0.2, 0.25) is 0 Å². The highest BCUT2D eigenvalue weighted by Gasteiger charge is 2.35. The second kappa shape index (κ2) is 10.3. The van der Waals surface area contributed by atoms with E-state index in [9.17, 15) is 14.7 Å². The molecule has 6 heteroatoms. The third-order valence-electron chi connectivity index (χ3n) is 7.60. The third kappa shape index (κ3) is 5.27. The Hall–Kier alpha value is -3.22. The van der Waals surface area contributed by atoms with Crippen LogP contribution in [0.15, 0.2) is 60.7 Å². The lowest BCUT2D eigenvalue weighted by atomic mass is 9.86. The Labute approximate surface area is 218 Å². The van der Waals surface area contributed by atoms with Crippen molar-refractivity contribution in [1.29, 1.82) is 0 Å². The first-order chi connectivity index (χ1) is 17.7. The summed E-state index contributed by atoms with van der Waals surface area (Å²) >= 11 is 0. The molecule has 0 saturated carbocycles. The largest absolute Gasteiger partial charge is 0.491 e. The van der Waals surface area contributed by atoms with Crippen LogP contribution < -0.4 is 4.74 Å². The van der Waals surface area contributed by atoms with Gasteiger partial charge in [-0.3, -0.25) is 14.5 Å². The van der Waals surface area contributed by atoms with Crippen LogP contribution in [0, 0.1) is 5.92 Å². The van der Waals surface area contributed by atoms with Gasteiger partial charge in [-0.1, -0.05) is 63.2 Å². The standard InChI is InChI=1S/C31H36N2O4/c1-31(2,3)26-12-4-5-13-27(26)37-20-23(34)19-32-16-14-21(15-17-32)18-33-29(35)24-10-6-8-22-9-7-11-25(28(22)24)30(33)36/h4-13,21,23,34H,14-20H2,1-3H3. The monoisotopic (exact) mass is 500 g/mol. The van der Waals surface area contributed by atoms with E-state index in [1.165, 1.54) is 4.90 Å². The van der Waals surface area contributed by atoms with E-state index >= 15 is 0 Å². The quantitative estimate of drug-likeness (QED) is 0.468. The molecule has 1 saturated heterocycles. The predicted molar refractivity (Wildman–Crippen MR) is 145 cm³/mol. The Balaban J connectivity index is 1.14. The molecule has 2 amide bonds. The van der Waals surface area contributed by atoms with Crippen molar-refractivity contribution >= 4 is 22.6 Å². The third-order valence-corrected chi connectivity index (χ3v) is 7.60. The van der Waals surface area contributed by atoms with Crippen molar-refractivity contribution in [3.05, 3.63) is 77.4 Å². The van der Waals surface area contributed by atoms with Gasteiger partial charge in [0.15, 0.2) is 0 Å². The topological polar surface area (TPSA) is 70.1 Å². The molecule has 0 aliphatic carbocycles. The van der Waals surface area contributed by atoms with Gasteiger partial charge in [-0.05, 0) is 66.4 Å². The van der Waals surface area contributed by atoms with Crippen LogP contribution in [0.5, 0.6) is 5.75 Å². The molecule has 0 aromatic heterocycles. The number of carbonyl (C=O) groups excluding carboxylic acids is 2. The number of aliphatic hydroxyl groups excluding tert-OH is 1. The second-order valence-electron chi connectivity index (χ2n) is 11.4. The molecule has 3 aromatic rings. The number of rotatable bonds is 7. The van der Waals surface area contributed by atoms with Gasteiger partial charge in [0.25, 0.3) is 11.8 Å². The van der Waals surface area contributed by atoms with Crippen molar-refractivity contribution in [3.8, 4) is 5.75 Å². The maximum absolute atomic E-state index is 13.2. The van der Waals surface area contributed by atoms with Crippen LogP contribution in [-0.4, -0.2) is 65.6 Å². The van der Waals surface area contributed by atoms with Gasteiger partial charge in [0.1, 0.15) is 18.5 Å². The van der Waals surface area contributed by atoms with E-state index in [0.717, 1.165) is 48.0 Å². The van der Waals surface area contributed by atoms with Gasteiger partial charge in [0.2, 0.25) is 0 Å². The van der Waals surface area contributed by atoms with Gasteiger partial charge < -0.3 is 14.7 Å². The Bertz CT molecular complexity index is 1250. The lowest BCUT2D eigenvalue weighted by Crippen LogP contribution is -2.46. The first-order valence-electron chi connectivity index (χ1n) is 13.2. The minimum Gasteiger partial charge on any atom is -0.491 e. The number of amides is 2. The number of ether oxygens (including phenoxy) is 1. The Morgan fingerprint density at radius 2 is 1.54 bits per heavy atom. The SMILES string of the molecule is CC(C)(C)c1ccccc1OCC(O)CN1CCC(CN2C(=O)c3cccc4cccc(c34)C2=O)CC1. The molecule has 3 aromatic carbocycles. The zero-order valence-electron chi connectivity index (χ0n) is 21.9. The smallest absolute Gasteiger partial charge is 0.261 e. The lowest BCUT2D eigenvalue weighted by molar-refractivity contribution is 0.0451. The van der Waals surface area contributed by atoms with Gasteiger partial charge >= 0.3 is 0 Å². The van der Waals surface area contributed by atoms with E-state index < -0.39 is 6.10 Å². The number of hydrogen-bond acceptors (Lipinski definition) is 5. The molecule has 0 bridgehead atoms. The normalized spacial score (nSPS) is 17.9. The number of benzene rings is 3. The summed E-state index contributed by atoms with van der Waals surface area (Å²) in [5, 5.41) is 12.3. The number of aliphatic hydroxyl groups is 1. The van der Waals surface area contributed by atoms with Crippen molar-refractivity contribution in [2.45, 2.75) is 45.1 Å². The van der Waals surface area contributed by atoms with Crippen molar-refractivity contribution in [3.63, 3.8) is 0 Å². The highest BCUT2D eigenvalue weighted by molar-refractivity contribution is 6.25. The summed E-state index contributed by atoms with van der Waals surface area (Å²) in [6.07, 6.45) is 1.17. The summed E-state index contributed by atoms with van der Waals surface area (Å²) in [7, 11) is 0. The maximum atomic E-state index is 13.2. The zero-order valence-corrected chi connectivity index (χ0v) is 21.9. The number of para-hydroxylation sites is 1. The molecule has 5 rings (SSSR count). The van der Waals surface area contributed by atoms with E-state index in [2.05, 4.69) is 31.7 Å². The average Bonchev–Trinajstić information content (AvgIpc) is 2.89. The molecule has 2 aliphatic heterocycles. The van der Waals surface area contributed by atoms with Gasteiger partial charge in [-0.25, -0.2) is 0 Å². The summed E-state index contributed by atoms with van der Waals surface area (Å²) in [6.45, 7) is 9.33. The fourth-order valence-electron chi connectivity index (χ4n) is 5.60. The van der Waals surface area contributed by atoms with E-state index in [-0.39, 0.29) is 29.8 Å². The highest BCUT2D eigenvalue weighted by Crippen LogP contribution is 2.32. The van der Waals surface area contributed by atoms with Crippen LogP contribution in [0.3, 0.4) is 0 Å². The molecule has 1 atom stereocenters. The van der Waals surface area contributed by atoms with Crippen LogP contribution in [-0.2, 0) is 5.41 Å². The van der Waals surface area contributed by atoms with E-state index in [4.69, 9.17) is 4.74 Å². The molecule has 1 N–H and O–H groups in total. The fraction of sp³-hybridized carbons (Fsp3) is 0.419. The van der Waals surface area contributed by atoms with E-state index in [1.54, 1.807) is 0 Å². The first kappa shape index (κ1) is 25.4. The molecule has 194 valence electrons. The van der Waals surface area contributed by atoms with Crippen molar-refractivity contribution < 1.29 is 19.4 Å². The summed E-state index contributed by atoms with van der Waals surface area (Å²) < 4.78 is 6.01. The number of hydrogen-bond donors (Lipinski definition) is 1. The van der Waals surface area contributed by atoms with Crippen LogP contribution in [0.25, 0.3) is 10.8 Å². The average molecular weight is 501 g/mol. The van der Waals surface area contributed by atoms with Gasteiger partial charge in [-0.15, -0.1) is 0 Å². The minimum absolute atomic E-state index is 0.0326. The summed E-state index contributed by atoms with van der Waals surface area (Å²) in [4.78, 5) is 30.1.